The number of amides is 1. The summed E-state index contributed by atoms with van der Waals surface area (Å²) in [5, 5.41) is 3.30. The summed E-state index contributed by atoms with van der Waals surface area (Å²) in [4.78, 5) is 14.6. The molecule has 0 bridgehead atoms. The van der Waals surface area contributed by atoms with E-state index in [2.05, 4.69) is 10.1 Å². The Morgan fingerprint density at radius 2 is 1.80 bits per heavy atom. The van der Waals surface area contributed by atoms with Gasteiger partial charge in [0.15, 0.2) is 11.5 Å². The van der Waals surface area contributed by atoms with Crippen molar-refractivity contribution in [3.05, 3.63) is 17.7 Å². The minimum absolute atomic E-state index is 0. The topological polar surface area (TPSA) is 60.0 Å². The van der Waals surface area contributed by atoms with Crippen molar-refractivity contribution in [2.45, 2.75) is 32.5 Å². The van der Waals surface area contributed by atoms with Gasteiger partial charge in [0, 0.05) is 30.7 Å². The van der Waals surface area contributed by atoms with Gasteiger partial charge >= 0.3 is 6.61 Å². The summed E-state index contributed by atoms with van der Waals surface area (Å²) in [6, 6.07) is 2.94. The first-order valence-corrected chi connectivity index (χ1v) is 7.64. The van der Waals surface area contributed by atoms with E-state index in [0.717, 1.165) is 0 Å². The van der Waals surface area contributed by atoms with Crippen LogP contribution in [0.15, 0.2) is 12.1 Å². The van der Waals surface area contributed by atoms with Gasteiger partial charge in [0.2, 0.25) is 5.75 Å². The molecule has 1 fully saturated rings. The molecule has 9 heteroatoms. The third-order valence-electron chi connectivity index (χ3n) is 4.21. The highest BCUT2D eigenvalue weighted by Gasteiger charge is 2.30. The zero-order valence-corrected chi connectivity index (χ0v) is 15.4. The van der Waals surface area contributed by atoms with Gasteiger partial charge in [-0.05, 0) is 26.0 Å². The van der Waals surface area contributed by atoms with Gasteiger partial charge in [0.05, 0.1) is 14.2 Å². The summed E-state index contributed by atoms with van der Waals surface area (Å²) in [7, 11) is 2.63. The van der Waals surface area contributed by atoms with E-state index in [1.165, 1.54) is 26.4 Å². The van der Waals surface area contributed by atoms with Gasteiger partial charge in [0.25, 0.3) is 5.91 Å². The Labute approximate surface area is 151 Å². The lowest BCUT2D eigenvalue weighted by molar-refractivity contribution is -0.0526. The summed E-state index contributed by atoms with van der Waals surface area (Å²) in [6.45, 7) is 2.19. The van der Waals surface area contributed by atoms with Gasteiger partial charge in [-0.1, -0.05) is 0 Å². The van der Waals surface area contributed by atoms with Crippen LogP contribution in [-0.4, -0.2) is 56.8 Å². The predicted molar refractivity (Wildman–Crippen MR) is 91.4 cm³/mol. The molecule has 1 amide bonds. The van der Waals surface area contributed by atoms with Crippen molar-refractivity contribution in [2.24, 2.45) is 0 Å². The molecule has 1 aliphatic rings. The number of ether oxygens (including phenoxy) is 3. The molecular formula is C16H23ClF2N2O4. The van der Waals surface area contributed by atoms with Crippen molar-refractivity contribution in [1.82, 2.24) is 10.2 Å². The quantitative estimate of drug-likeness (QED) is 0.850. The Morgan fingerprint density at radius 1 is 1.24 bits per heavy atom. The number of nitrogens with zero attached hydrogens (tertiary/aromatic N) is 1. The van der Waals surface area contributed by atoms with E-state index in [9.17, 15) is 13.6 Å². The summed E-state index contributed by atoms with van der Waals surface area (Å²) in [6.07, 6.45) is 0. The van der Waals surface area contributed by atoms with Gasteiger partial charge in [-0.3, -0.25) is 4.79 Å². The second-order valence-corrected chi connectivity index (χ2v) is 5.57. The second kappa shape index (κ2) is 9.05. The van der Waals surface area contributed by atoms with Crippen LogP contribution < -0.4 is 19.5 Å². The van der Waals surface area contributed by atoms with Crippen LogP contribution in [0.2, 0.25) is 0 Å². The van der Waals surface area contributed by atoms with E-state index in [0.29, 0.717) is 18.7 Å². The molecule has 6 nitrogen and oxygen atoms in total. The van der Waals surface area contributed by atoms with Crippen molar-refractivity contribution >= 4 is 18.3 Å². The van der Waals surface area contributed by atoms with Crippen LogP contribution in [0.25, 0.3) is 0 Å². The molecular weight excluding hydrogens is 358 g/mol. The number of nitrogens with one attached hydrogen (secondary N) is 1. The highest BCUT2D eigenvalue weighted by Crippen LogP contribution is 2.40. The zero-order valence-electron chi connectivity index (χ0n) is 14.5. The maximum absolute atomic E-state index is 12.8. The van der Waals surface area contributed by atoms with Crippen LogP contribution in [0.5, 0.6) is 17.2 Å². The van der Waals surface area contributed by atoms with E-state index in [1.54, 1.807) is 4.90 Å². The highest BCUT2D eigenvalue weighted by atomic mass is 35.5. The number of hydrogen-bond acceptors (Lipinski definition) is 5. The molecule has 1 heterocycles. The SMILES string of the molecule is COc1cc(C(=O)N2CCNC(C)C2C)cc(OC)c1OC(F)F.Cl. The monoisotopic (exact) mass is 380 g/mol. The molecule has 0 aromatic heterocycles. The molecule has 1 aromatic rings. The Morgan fingerprint density at radius 3 is 2.28 bits per heavy atom. The number of carbonyl (C=O) groups excluding carboxylic acids is 1. The maximum atomic E-state index is 12.8. The number of benzene rings is 1. The van der Waals surface area contributed by atoms with Crippen LogP contribution in [0, 0.1) is 0 Å². The minimum atomic E-state index is -3.02. The lowest BCUT2D eigenvalue weighted by atomic mass is 10.0. The summed E-state index contributed by atoms with van der Waals surface area (Å²) >= 11 is 0. The molecule has 142 valence electrons. The molecule has 2 atom stereocenters. The van der Waals surface area contributed by atoms with E-state index < -0.39 is 6.61 Å². The molecule has 0 saturated carbocycles. The Hall–Kier alpha value is -1.80. The van der Waals surface area contributed by atoms with Crippen molar-refractivity contribution in [1.29, 1.82) is 0 Å². The summed E-state index contributed by atoms with van der Waals surface area (Å²) < 4.78 is 39.8. The first-order valence-electron chi connectivity index (χ1n) is 7.64. The fourth-order valence-corrected chi connectivity index (χ4v) is 2.72. The molecule has 1 aromatic carbocycles. The number of halogens is 3. The average molecular weight is 381 g/mol. The first-order chi connectivity index (χ1) is 11.4. The third-order valence-corrected chi connectivity index (χ3v) is 4.21. The summed E-state index contributed by atoms with van der Waals surface area (Å²) in [5.41, 5.74) is 0.297. The van der Waals surface area contributed by atoms with Crippen molar-refractivity contribution in [3.63, 3.8) is 0 Å². The molecule has 1 saturated heterocycles. The molecule has 1 N–H and O–H groups in total. The van der Waals surface area contributed by atoms with Crippen LogP contribution in [-0.2, 0) is 0 Å². The molecule has 2 rings (SSSR count). The van der Waals surface area contributed by atoms with Crippen LogP contribution >= 0.6 is 12.4 Å². The molecule has 0 spiro atoms. The highest BCUT2D eigenvalue weighted by molar-refractivity contribution is 5.96. The van der Waals surface area contributed by atoms with E-state index in [4.69, 9.17) is 9.47 Å². The van der Waals surface area contributed by atoms with E-state index in [1.807, 2.05) is 13.8 Å². The second-order valence-electron chi connectivity index (χ2n) is 5.57. The van der Waals surface area contributed by atoms with Crippen molar-refractivity contribution < 1.29 is 27.8 Å². The largest absolute Gasteiger partial charge is 0.493 e. The Bertz CT molecular complexity index is 578. The fraction of sp³-hybridized carbons (Fsp3) is 0.562. The number of methoxy groups -OCH3 is 2. The maximum Gasteiger partial charge on any atom is 0.387 e. The normalized spacial score (nSPS) is 20.0. The lowest BCUT2D eigenvalue weighted by Gasteiger charge is -2.38. The van der Waals surface area contributed by atoms with Gasteiger partial charge < -0.3 is 24.4 Å². The molecule has 0 radical (unpaired) electrons. The number of piperazine rings is 1. The zero-order chi connectivity index (χ0) is 17.9. The number of alkyl halides is 2. The number of carbonyl (C=O) groups is 1. The summed E-state index contributed by atoms with van der Waals surface area (Å²) in [5.74, 6) is -0.396. The average Bonchev–Trinajstić information content (AvgIpc) is 2.56. The predicted octanol–water partition coefficient (Wildman–Crippen LogP) is 2.55. The number of rotatable bonds is 5. The fourth-order valence-electron chi connectivity index (χ4n) is 2.72. The van der Waals surface area contributed by atoms with Crippen LogP contribution in [0.3, 0.4) is 0 Å². The number of hydrogen-bond donors (Lipinski definition) is 1. The van der Waals surface area contributed by atoms with Crippen LogP contribution in [0.4, 0.5) is 8.78 Å². The molecule has 1 aliphatic heterocycles. The minimum Gasteiger partial charge on any atom is -0.493 e. The van der Waals surface area contributed by atoms with Gasteiger partial charge in [0.1, 0.15) is 0 Å². The van der Waals surface area contributed by atoms with Gasteiger partial charge in [-0.15, -0.1) is 12.4 Å². The van der Waals surface area contributed by atoms with Crippen LogP contribution in [0.1, 0.15) is 24.2 Å². The van der Waals surface area contributed by atoms with Crippen molar-refractivity contribution in [3.8, 4) is 17.2 Å². The van der Waals surface area contributed by atoms with Gasteiger partial charge in [-0.2, -0.15) is 8.78 Å². The lowest BCUT2D eigenvalue weighted by Crippen LogP contribution is -2.57. The standard InChI is InChI=1S/C16H22F2N2O4.ClH/c1-9-10(2)20(6-5-19-9)15(21)11-7-12(22-3)14(24-16(17)18)13(8-11)23-4;/h7-10,16,19H,5-6H2,1-4H3;1H. The molecule has 25 heavy (non-hydrogen) atoms. The Balaban J connectivity index is 0.00000312. The first kappa shape index (κ1) is 21.2. The third kappa shape index (κ3) is 4.64. The van der Waals surface area contributed by atoms with E-state index in [-0.39, 0.29) is 47.6 Å². The van der Waals surface area contributed by atoms with Crippen molar-refractivity contribution in [2.75, 3.05) is 27.3 Å². The van der Waals surface area contributed by atoms with Gasteiger partial charge in [-0.25, -0.2) is 0 Å². The van der Waals surface area contributed by atoms with E-state index >= 15 is 0 Å². The smallest absolute Gasteiger partial charge is 0.387 e. The molecule has 0 aliphatic carbocycles. The Kier molecular flexibility index (Phi) is 7.69. The molecule has 2 unspecified atom stereocenters.